The standard InChI is InChI=1S/C18H15F2N3O3/c1-11-21-13-7-3-2-6-12(13)17(25)23(11)10-16(24)22-14-8-4-5-9-15(14)26-18(19)20/h2-9,18H,10H2,1H3,(H,22,24). The van der Waals surface area contributed by atoms with E-state index in [-0.39, 0.29) is 23.5 Å². The number of halogens is 2. The average Bonchev–Trinajstić information content (AvgIpc) is 2.60. The molecule has 3 rings (SSSR count). The van der Waals surface area contributed by atoms with Crippen molar-refractivity contribution in [2.75, 3.05) is 5.32 Å². The van der Waals surface area contributed by atoms with E-state index < -0.39 is 12.5 Å². The van der Waals surface area contributed by atoms with Gasteiger partial charge >= 0.3 is 6.61 Å². The van der Waals surface area contributed by atoms with E-state index in [1.54, 1.807) is 37.3 Å². The molecule has 0 aliphatic carbocycles. The summed E-state index contributed by atoms with van der Waals surface area (Å²) in [6.07, 6.45) is 0. The van der Waals surface area contributed by atoms with Gasteiger partial charge in [0.05, 0.1) is 16.6 Å². The van der Waals surface area contributed by atoms with Gasteiger partial charge in [0.15, 0.2) is 0 Å². The average molecular weight is 359 g/mol. The number of anilines is 1. The lowest BCUT2D eigenvalue weighted by Crippen LogP contribution is -2.30. The van der Waals surface area contributed by atoms with Crippen molar-refractivity contribution >= 4 is 22.5 Å². The molecule has 1 N–H and O–H groups in total. The van der Waals surface area contributed by atoms with Gasteiger partial charge in [-0.2, -0.15) is 8.78 Å². The van der Waals surface area contributed by atoms with Gasteiger partial charge in [-0.3, -0.25) is 14.2 Å². The van der Waals surface area contributed by atoms with Gasteiger partial charge in [0.1, 0.15) is 18.1 Å². The lowest BCUT2D eigenvalue weighted by molar-refractivity contribution is -0.116. The van der Waals surface area contributed by atoms with Crippen LogP contribution in [0.15, 0.2) is 53.3 Å². The van der Waals surface area contributed by atoms with Crippen molar-refractivity contribution in [3.63, 3.8) is 0 Å². The van der Waals surface area contributed by atoms with Crippen molar-refractivity contribution in [1.29, 1.82) is 0 Å². The SMILES string of the molecule is Cc1nc2ccccc2c(=O)n1CC(=O)Nc1ccccc1OC(F)F. The molecule has 1 amide bonds. The van der Waals surface area contributed by atoms with Crippen LogP contribution in [0.5, 0.6) is 5.75 Å². The first-order valence-electron chi connectivity index (χ1n) is 7.75. The lowest BCUT2D eigenvalue weighted by atomic mass is 10.2. The summed E-state index contributed by atoms with van der Waals surface area (Å²) in [4.78, 5) is 29.2. The van der Waals surface area contributed by atoms with Crippen LogP contribution in [0.2, 0.25) is 0 Å². The molecule has 8 heteroatoms. The summed E-state index contributed by atoms with van der Waals surface area (Å²) in [5.74, 6) is -0.338. The van der Waals surface area contributed by atoms with Crippen LogP contribution in [-0.2, 0) is 11.3 Å². The number of amides is 1. The van der Waals surface area contributed by atoms with E-state index in [0.717, 1.165) is 0 Å². The number of carbonyl (C=O) groups is 1. The molecule has 1 heterocycles. The minimum Gasteiger partial charge on any atom is -0.433 e. The van der Waals surface area contributed by atoms with Crippen molar-refractivity contribution in [2.24, 2.45) is 0 Å². The van der Waals surface area contributed by atoms with Crippen LogP contribution >= 0.6 is 0 Å². The molecular weight excluding hydrogens is 344 g/mol. The van der Waals surface area contributed by atoms with E-state index in [4.69, 9.17) is 0 Å². The molecule has 134 valence electrons. The molecule has 1 aromatic heterocycles. The number of ether oxygens (including phenoxy) is 1. The van der Waals surface area contributed by atoms with Gasteiger partial charge in [-0.15, -0.1) is 0 Å². The number of aryl methyl sites for hydroxylation is 1. The predicted molar refractivity (Wildman–Crippen MR) is 92.4 cm³/mol. The van der Waals surface area contributed by atoms with Crippen LogP contribution < -0.4 is 15.6 Å². The van der Waals surface area contributed by atoms with Gasteiger partial charge in [-0.05, 0) is 31.2 Å². The number of carbonyl (C=O) groups excluding carboxylic acids is 1. The first kappa shape index (κ1) is 17.5. The molecule has 0 unspecified atom stereocenters. The molecule has 0 fully saturated rings. The third-order valence-corrected chi connectivity index (χ3v) is 3.73. The molecule has 0 saturated heterocycles. The zero-order chi connectivity index (χ0) is 18.7. The third kappa shape index (κ3) is 3.69. The van der Waals surface area contributed by atoms with E-state index in [1.807, 2.05) is 0 Å². The molecule has 26 heavy (non-hydrogen) atoms. The van der Waals surface area contributed by atoms with Crippen molar-refractivity contribution in [2.45, 2.75) is 20.1 Å². The molecule has 0 atom stereocenters. The fraction of sp³-hybridized carbons (Fsp3) is 0.167. The van der Waals surface area contributed by atoms with Gasteiger partial charge in [-0.1, -0.05) is 24.3 Å². The number of alkyl halides is 2. The Morgan fingerprint density at radius 2 is 1.88 bits per heavy atom. The minimum absolute atomic E-state index is 0.0947. The minimum atomic E-state index is -3.01. The second-order valence-corrected chi connectivity index (χ2v) is 5.49. The molecule has 0 bridgehead atoms. The highest BCUT2D eigenvalue weighted by atomic mass is 19.3. The summed E-state index contributed by atoms with van der Waals surface area (Å²) in [7, 11) is 0. The molecular formula is C18H15F2N3O3. The molecule has 3 aromatic rings. The Balaban J connectivity index is 1.86. The Kier molecular flexibility index (Phi) is 4.92. The summed E-state index contributed by atoms with van der Waals surface area (Å²) < 4.78 is 30.5. The van der Waals surface area contributed by atoms with Gasteiger partial charge in [-0.25, -0.2) is 4.98 Å². The van der Waals surface area contributed by atoms with Crippen LogP contribution in [0.3, 0.4) is 0 Å². The maximum Gasteiger partial charge on any atom is 0.387 e. The second kappa shape index (κ2) is 7.30. The second-order valence-electron chi connectivity index (χ2n) is 5.49. The van der Waals surface area contributed by atoms with Crippen LogP contribution in [0, 0.1) is 6.92 Å². The third-order valence-electron chi connectivity index (χ3n) is 3.73. The van der Waals surface area contributed by atoms with E-state index in [2.05, 4.69) is 15.0 Å². The Hall–Kier alpha value is -3.29. The Labute approximate surface area is 147 Å². The molecule has 0 spiro atoms. The topological polar surface area (TPSA) is 73.2 Å². The summed E-state index contributed by atoms with van der Waals surface area (Å²) in [5.41, 5.74) is 0.292. The number of para-hydroxylation sites is 3. The number of benzene rings is 2. The van der Waals surface area contributed by atoms with Crippen LogP contribution in [0.25, 0.3) is 10.9 Å². The Morgan fingerprint density at radius 1 is 1.19 bits per heavy atom. The number of nitrogens with zero attached hydrogens (tertiary/aromatic N) is 2. The number of nitrogens with one attached hydrogen (secondary N) is 1. The van der Waals surface area contributed by atoms with Crippen molar-refractivity contribution in [3.8, 4) is 5.75 Å². The van der Waals surface area contributed by atoms with Crippen LogP contribution in [0.4, 0.5) is 14.5 Å². The smallest absolute Gasteiger partial charge is 0.387 e. The quantitative estimate of drug-likeness (QED) is 0.760. The van der Waals surface area contributed by atoms with E-state index in [0.29, 0.717) is 16.7 Å². The zero-order valence-corrected chi connectivity index (χ0v) is 13.8. The highest BCUT2D eigenvalue weighted by Gasteiger charge is 2.14. The number of hydrogen-bond donors (Lipinski definition) is 1. The van der Waals surface area contributed by atoms with E-state index in [1.165, 1.54) is 22.8 Å². The van der Waals surface area contributed by atoms with Crippen LogP contribution in [-0.4, -0.2) is 22.1 Å². The largest absolute Gasteiger partial charge is 0.433 e. The Bertz CT molecular complexity index is 1020. The van der Waals surface area contributed by atoms with Crippen molar-refractivity contribution in [3.05, 3.63) is 64.7 Å². The molecule has 0 saturated carbocycles. The van der Waals surface area contributed by atoms with Gasteiger partial charge < -0.3 is 10.1 Å². The molecule has 0 radical (unpaired) electrons. The predicted octanol–water partition coefficient (Wildman–Crippen LogP) is 2.95. The van der Waals surface area contributed by atoms with Crippen molar-refractivity contribution < 1.29 is 18.3 Å². The maximum absolute atomic E-state index is 12.6. The lowest BCUT2D eigenvalue weighted by Gasteiger charge is -2.13. The number of rotatable bonds is 5. The normalized spacial score (nSPS) is 10.9. The number of hydrogen-bond acceptors (Lipinski definition) is 4. The van der Waals surface area contributed by atoms with Crippen molar-refractivity contribution in [1.82, 2.24) is 9.55 Å². The number of fused-ring (bicyclic) bond motifs is 1. The first-order chi connectivity index (χ1) is 12.5. The van der Waals surface area contributed by atoms with E-state index in [9.17, 15) is 18.4 Å². The molecule has 0 aliphatic heterocycles. The fourth-order valence-corrected chi connectivity index (χ4v) is 2.57. The zero-order valence-electron chi connectivity index (χ0n) is 13.8. The highest BCUT2D eigenvalue weighted by Crippen LogP contribution is 2.25. The van der Waals surface area contributed by atoms with Gasteiger partial charge in [0, 0.05) is 0 Å². The van der Waals surface area contributed by atoms with Gasteiger partial charge in [0.25, 0.3) is 5.56 Å². The maximum atomic E-state index is 12.6. The molecule has 0 aliphatic rings. The molecule has 2 aromatic carbocycles. The van der Waals surface area contributed by atoms with Crippen LogP contribution in [0.1, 0.15) is 5.82 Å². The fourth-order valence-electron chi connectivity index (χ4n) is 2.57. The number of aromatic nitrogens is 2. The first-order valence-corrected chi connectivity index (χ1v) is 7.75. The summed E-state index contributed by atoms with van der Waals surface area (Å²) in [6.45, 7) is -1.69. The summed E-state index contributed by atoms with van der Waals surface area (Å²) >= 11 is 0. The van der Waals surface area contributed by atoms with Gasteiger partial charge in [0.2, 0.25) is 5.91 Å². The van der Waals surface area contributed by atoms with E-state index >= 15 is 0 Å². The highest BCUT2D eigenvalue weighted by molar-refractivity contribution is 5.92. The molecule has 6 nitrogen and oxygen atoms in total. The summed E-state index contributed by atoms with van der Waals surface area (Å²) in [5, 5.41) is 2.88. The summed E-state index contributed by atoms with van der Waals surface area (Å²) in [6, 6.07) is 12.7. The Morgan fingerprint density at radius 3 is 2.65 bits per heavy atom. The monoisotopic (exact) mass is 359 g/mol.